The molecule has 5 nitrogen and oxygen atoms in total. The minimum atomic E-state index is -0.322. The lowest BCUT2D eigenvalue weighted by Gasteiger charge is -2.07. The zero-order chi connectivity index (χ0) is 18.5. The van der Waals surface area contributed by atoms with E-state index in [1.165, 1.54) is 12.1 Å². The lowest BCUT2D eigenvalue weighted by Crippen LogP contribution is -2.11. The first-order valence-corrected chi connectivity index (χ1v) is 8.53. The van der Waals surface area contributed by atoms with Gasteiger partial charge in [0.15, 0.2) is 0 Å². The standard InChI is InChI=1S/C19H17ClFN3O2/c1-12-5-10-16(15(20)11-12)22-17(25)3-2-4-18-23-19(24-26-18)13-6-8-14(21)9-7-13/h5-11H,2-4H2,1H3,(H,22,25). The minimum Gasteiger partial charge on any atom is -0.339 e. The molecular weight excluding hydrogens is 357 g/mol. The molecule has 0 radical (unpaired) electrons. The van der Waals surface area contributed by atoms with Crippen LogP contribution in [-0.4, -0.2) is 16.0 Å². The molecule has 0 unspecified atom stereocenters. The number of anilines is 1. The van der Waals surface area contributed by atoms with E-state index in [1.54, 1.807) is 24.3 Å². The summed E-state index contributed by atoms with van der Waals surface area (Å²) < 4.78 is 18.1. The van der Waals surface area contributed by atoms with Crippen molar-refractivity contribution in [3.8, 4) is 11.4 Å². The summed E-state index contributed by atoms with van der Waals surface area (Å²) in [7, 11) is 0. The average Bonchev–Trinajstić information content (AvgIpc) is 3.07. The highest BCUT2D eigenvalue weighted by Crippen LogP contribution is 2.23. The van der Waals surface area contributed by atoms with Crippen LogP contribution in [0.2, 0.25) is 5.02 Å². The number of halogens is 2. The summed E-state index contributed by atoms with van der Waals surface area (Å²) >= 11 is 6.10. The number of hydrogen-bond donors (Lipinski definition) is 1. The molecule has 0 aliphatic rings. The molecule has 0 spiro atoms. The lowest BCUT2D eigenvalue weighted by molar-refractivity contribution is -0.116. The van der Waals surface area contributed by atoms with Crippen molar-refractivity contribution < 1.29 is 13.7 Å². The molecule has 0 aliphatic carbocycles. The predicted octanol–water partition coefficient (Wildman–Crippen LogP) is 4.80. The molecule has 134 valence electrons. The van der Waals surface area contributed by atoms with Gasteiger partial charge in [0, 0.05) is 18.4 Å². The van der Waals surface area contributed by atoms with Gasteiger partial charge in [-0.25, -0.2) is 4.39 Å². The number of benzene rings is 2. The molecule has 0 atom stereocenters. The monoisotopic (exact) mass is 373 g/mol. The topological polar surface area (TPSA) is 68.0 Å². The molecule has 0 bridgehead atoms. The van der Waals surface area contributed by atoms with Gasteiger partial charge in [0.2, 0.25) is 17.6 Å². The van der Waals surface area contributed by atoms with Crippen LogP contribution in [0.1, 0.15) is 24.3 Å². The Balaban J connectivity index is 1.50. The van der Waals surface area contributed by atoms with Gasteiger partial charge in [-0.15, -0.1) is 0 Å². The van der Waals surface area contributed by atoms with E-state index in [1.807, 2.05) is 13.0 Å². The second-order valence-corrected chi connectivity index (χ2v) is 6.31. The number of hydrogen-bond acceptors (Lipinski definition) is 4. The SMILES string of the molecule is Cc1ccc(NC(=O)CCCc2nc(-c3ccc(F)cc3)no2)c(Cl)c1. The van der Waals surface area contributed by atoms with E-state index in [2.05, 4.69) is 15.5 Å². The number of amides is 1. The largest absolute Gasteiger partial charge is 0.339 e. The van der Waals surface area contributed by atoms with Crippen LogP contribution in [0, 0.1) is 12.7 Å². The molecule has 3 aromatic rings. The Bertz CT molecular complexity index is 909. The first-order chi connectivity index (χ1) is 12.5. The third-order valence-electron chi connectivity index (χ3n) is 3.76. The van der Waals surface area contributed by atoms with Crippen molar-refractivity contribution in [3.63, 3.8) is 0 Å². The van der Waals surface area contributed by atoms with Gasteiger partial charge in [-0.3, -0.25) is 4.79 Å². The Kier molecular flexibility index (Phi) is 5.63. The van der Waals surface area contributed by atoms with Crippen LogP contribution in [0.15, 0.2) is 47.0 Å². The molecule has 1 aromatic heterocycles. The van der Waals surface area contributed by atoms with Crippen LogP contribution in [0.3, 0.4) is 0 Å². The normalized spacial score (nSPS) is 10.7. The van der Waals surface area contributed by atoms with E-state index < -0.39 is 0 Å². The smallest absolute Gasteiger partial charge is 0.226 e. The van der Waals surface area contributed by atoms with Crippen molar-refractivity contribution >= 4 is 23.2 Å². The fraction of sp³-hybridized carbons (Fsp3) is 0.211. The Hall–Kier alpha value is -2.73. The van der Waals surface area contributed by atoms with Crippen molar-refractivity contribution in [2.45, 2.75) is 26.2 Å². The fourth-order valence-electron chi connectivity index (χ4n) is 2.41. The fourth-order valence-corrected chi connectivity index (χ4v) is 2.69. The summed E-state index contributed by atoms with van der Waals surface area (Å²) in [4.78, 5) is 16.3. The Morgan fingerprint density at radius 1 is 1.23 bits per heavy atom. The van der Waals surface area contributed by atoms with Crippen molar-refractivity contribution in [3.05, 3.63) is 64.8 Å². The van der Waals surface area contributed by atoms with E-state index in [9.17, 15) is 9.18 Å². The van der Waals surface area contributed by atoms with Gasteiger partial charge < -0.3 is 9.84 Å². The maximum absolute atomic E-state index is 12.9. The van der Waals surface area contributed by atoms with E-state index in [0.717, 1.165) is 5.56 Å². The highest BCUT2D eigenvalue weighted by molar-refractivity contribution is 6.33. The van der Waals surface area contributed by atoms with Crippen LogP contribution in [0.25, 0.3) is 11.4 Å². The predicted molar refractivity (Wildman–Crippen MR) is 97.4 cm³/mol. The number of aromatic nitrogens is 2. The van der Waals surface area contributed by atoms with E-state index >= 15 is 0 Å². The van der Waals surface area contributed by atoms with Crippen LogP contribution < -0.4 is 5.32 Å². The molecular formula is C19H17ClFN3O2. The lowest BCUT2D eigenvalue weighted by atomic mass is 10.2. The van der Waals surface area contributed by atoms with Gasteiger partial charge in [0.1, 0.15) is 5.82 Å². The highest BCUT2D eigenvalue weighted by atomic mass is 35.5. The van der Waals surface area contributed by atoms with Crippen molar-refractivity contribution in [2.24, 2.45) is 0 Å². The highest BCUT2D eigenvalue weighted by Gasteiger charge is 2.10. The first kappa shape index (κ1) is 18.1. The molecule has 7 heteroatoms. The number of nitrogens with one attached hydrogen (secondary N) is 1. The summed E-state index contributed by atoms with van der Waals surface area (Å²) in [5.74, 6) is 0.382. The van der Waals surface area contributed by atoms with Crippen molar-refractivity contribution in [1.29, 1.82) is 0 Å². The maximum atomic E-state index is 12.9. The maximum Gasteiger partial charge on any atom is 0.226 e. The zero-order valence-corrected chi connectivity index (χ0v) is 14.9. The summed E-state index contributed by atoms with van der Waals surface area (Å²) in [6, 6.07) is 11.3. The summed E-state index contributed by atoms with van der Waals surface area (Å²) in [6.45, 7) is 1.93. The number of carbonyl (C=O) groups excluding carboxylic acids is 1. The Morgan fingerprint density at radius 3 is 2.73 bits per heavy atom. The third-order valence-corrected chi connectivity index (χ3v) is 4.08. The molecule has 3 rings (SSSR count). The van der Waals surface area contributed by atoms with Gasteiger partial charge in [-0.05, 0) is 55.3 Å². The van der Waals surface area contributed by atoms with Crippen LogP contribution >= 0.6 is 11.6 Å². The van der Waals surface area contributed by atoms with Crippen LogP contribution in [0.4, 0.5) is 10.1 Å². The molecule has 1 N–H and O–H groups in total. The summed E-state index contributed by atoms with van der Waals surface area (Å²) in [6.07, 6.45) is 1.34. The molecule has 2 aromatic carbocycles. The minimum absolute atomic E-state index is 0.131. The van der Waals surface area contributed by atoms with Gasteiger partial charge >= 0.3 is 0 Å². The number of rotatable bonds is 6. The van der Waals surface area contributed by atoms with Gasteiger partial charge in [0.25, 0.3) is 0 Å². The van der Waals surface area contributed by atoms with Gasteiger partial charge in [-0.1, -0.05) is 22.8 Å². The number of aryl methyl sites for hydroxylation is 2. The van der Waals surface area contributed by atoms with Crippen LogP contribution in [0.5, 0.6) is 0 Å². The molecule has 1 amide bonds. The quantitative estimate of drug-likeness (QED) is 0.674. The van der Waals surface area contributed by atoms with Gasteiger partial charge in [-0.2, -0.15) is 4.98 Å². The summed E-state index contributed by atoms with van der Waals surface area (Å²) in [5, 5.41) is 7.18. The number of nitrogens with zero attached hydrogens (tertiary/aromatic N) is 2. The first-order valence-electron chi connectivity index (χ1n) is 8.16. The van der Waals surface area contributed by atoms with E-state index in [0.29, 0.717) is 47.3 Å². The van der Waals surface area contributed by atoms with Crippen molar-refractivity contribution in [2.75, 3.05) is 5.32 Å². The number of carbonyl (C=O) groups is 1. The zero-order valence-electron chi connectivity index (χ0n) is 14.1. The molecule has 1 heterocycles. The second-order valence-electron chi connectivity index (χ2n) is 5.90. The molecule has 0 saturated carbocycles. The Labute approximate surface area is 155 Å². The second kappa shape index (κ2) is 8.10. The Morgan fingerprint density at radius 2 is 2.00 bits per heavy atom. The molecule has 0 saturated heterocycles. The third kappa shape index (κ3) is 4.67. The molecule has 0 aliphatic heterocycles. The molecule has 26 heavy (non-hydrogen) atoms. The average molecular weight is 374 g/mol. The van der Waals surface area contributed by atoms with E-state index in [-0.39, 0.29) is 11.7 Å². The van der Waals surface area contributed by atoms with E-state index in [4.69, 9.17) is 16.1 Å². The molecule has 0 fully saturated rings. The van der Waals surface area contributed by atoms with Crippen molar-refractivity contribution in [1.82, 2.24) is 10.1 Å². The summed E-state index contributed by atoms with van der Waals surface area (Å²) in [5.41, 5.74) is 2.30. The van der Waals surface area contributed by atoms with Gasteiger partial charge in [0.05, 0.1) is 10.7 Å². The van der Waals surface area contributed by atoms with Crippen LogP contribution in [-0.2, 0) is 11.2 Å².